The molecular weight excluding hydrogens is 479 g/mol. The summed E-state index contributed by atoms with van der Waals surface area (Å²) in [6.07, 6.45) is 0. The van der Waals surface area contributed by atoms with E-state index in [2.05, 4.69) is 67.3 Å². The van der Waals surface area contributed by atoms with Crippen LogP contribution in [-0.4, -0.2) is 15.2 Å². The van der Waals surface area contributed by atoms with Crippen molar-refractivity contribution < 1.29 is 9.50 Å². The molecule has 35 heavy (non-hydrogen) atoms. The Balaban J connectivity index is 1.77. The Hall–Kier alpha value is -3.28. The van der Waals surface area contributed by atoms with Crippen LogP contribution in [0.3, 0.4) is 0 Å². The Kier molecular flexibility index (Phi) is 8.11. The van der Waals surface area contributed by atoms with Gasteiger partial charge in [-0.15, -0.1) is 0 Å². The zero-order valence-corrected chi connectivity index (χ0v) is 21.2. The molecule has 4 rings (SSSR count). The molecule has 4 aromatic carbocycles. The quantitative estimate of drug-likeness (QED) is 0.163. The number of rotatable bonds is 6. The molecule has 0 bridgehead atoms. The lowest BCUT2D eigenvalue weighted by Crippen LogP contribution is -2.28. The average molecular weight is 505 g/mol. The van der Waals surface area contributed by atoms with Crippen LogP contribution in [0.5, 0.6) is 5.75 Å². The van der Waals surface area contributed by atoms with E-state index in [0.717, 1.165) is 21.2 Å². The predicted molar refractivity (Wildman–Crippen MR) is 144 cm³/mol. The van der Waals surface area contributed by atoms with Gasteiger partial charge in [-0.2, -0.15) is 0 Å². The minimum absolute atomic E-state index is 0.0315. The van der Waals surface area contributed by atoms with Crippen LogP contribution in [0, 0.1) is 19.7 Å². The van der Waals surface area contributed by atoms with E-state index in [1.54, 1.807) is 18.2 Å². The SMILES string of the molecule is Cc1ccc(CN(Cc2cccc(O)c2)C(=Nc2ccc(F)c(Cl)c2)Sc2ccc(C)cc2)cc1. The Bertz CT molecular complexity index is 1320. The van der Waals surface area contributed by atoms with Crippen molar-refractivity contribution in [2.75, 3.05) is 0 Å². The van der Waals surface area contributed by atoms with Crippen LogP contribution in [0.1, 0.15) is 22.3 Å². The summed E-state index contributed by atoms with van der Waals surface area (Å²) in [5, 5.41) is 10.8. The van der Waals surface area contributed by atoms with Gasteiger partial charge in [-0.1, -0.05) is 83.0 Å². The van der Waals surface area contributed by atoms with E-state index in [4.69, 9.17) is 16.6 Å². The van der Waals surface area contributed by atoms with E-state index in [1.807, 2.05) is 12.1 Å². The zero-order valence-electron chi connectivity index (χ0n) is 19.6. The molecule has 178 valence electrons. The summed E-state index contributed by atoms with van der Waals surface area (Å²) in [6.45, 7) is 5.24. The third-order valence-electron chi connectivity index (χ3n) is 5.41. The number of hydrogen-bond acceptors (Lipinski definition) is 3. The number of phenolic OH excluding ortho intramolecular Hbond substituents is 1. The Morgan fingerprint density at radius 1 is 0.857 bits per heavy atom. The van der Waals surface area contributed by atoms with Crippen LogP contribution < -0.4 is 0 Å². The van der Waals surface area contributed by atoms with Crippen molar-refractivity contribution >= 4 is 34.2 Å². The third kappa shape index (κ3) is 7.10. The standard InChI is InChI=1S/C29H26ClFN2OS/c1-20-6-10-22(11-7-20)18-33(19-23-4-3-5-25(34)16-23)29(35-26-13-8-21(2)9-14-26)32-24-12-15-28(31)27(30)17-24/h3-17,34H,18-19H2,1-2H3. The Labute approximate surface area is 214 Å². The van der Waals surface area contributed by atoms with Crippen molar-refractivity contribution in [2.24, 2.45) is 4.99 Å². The predicted octanol–water partition coefficient (Wildman–Crippen LogP) is 8.28. The van der Waals surface area contributed by atoms with Crippen LogP contribution >= 0.6 is 23.4 Å². The number of amidine groups is 1. The first-order valence-corrected chi connectivity index (χ1v) is 12.4. The molecule has 0 aliphatic carbocycles. The van der Waals surface area contributed by atoms with E-state index in [-0.39, 0.29) is 10.8 Å². The number of hydrogen-bond donors (Lipinski definition) is 1. The lowest BCUT2D eigenvalue weighted by molar-refractivity contribution is 0.412. The summed E-state index contributed by atoms with van der Waals surface area (Å²) in [5.74, 6) is -0.262. The molecule has 0 amide bonds. The highest BCUT2D eigenvalue weighted by atomic mass is 35.5. The van der Waals surface area contributed by atoms with Gasteiger partial charge in [0.1, 0.15) is 11.6 Å². The van der Waals surface area contributed by atoms with Gasteiger partial charge in [0.2, 0.25) is 0 Å². The van der Waals surface area contributed by atoms with Crippen molar-refractivity contribution in [3.8, 4) is 5.75 Å². The van der Waals surface area contributed by atoms with Gasteiger partial charge >= 0.3 is 0 Å². The second-order valence-corrected chi connectivity index (χ2v) is 9.87. The van der Waals surface area contributed by atoms with E-state index in [0.29, 0.717) is 18.8 Å². The summed E-state index contributed by atoms with van der Waals surface area (Å²) < 4.78 is 13.8. The lowest BCUT2D eigenvalue weighted by atomic mass is 10.1. The van der Waals surface area contributed by atoms with Gasteiger partial charge in [-0.3, -0.25) is 0 Å². The zero-order chi connectivity index (χ0) is 24.8. The van der Waals surface area contributed by atoms with Gasteiger partial charge < -0.3 is 10.0 Å². The first-order chi connectivity index (χ1) is 16.9. The van der Waals surface area contributed by atoms with Crippen molar-refractivity contribution in [2.45, 2.75) is 31.8 Å². The molecule has 3 nitrogen and oxygen atoms in total. The molecule has 0 fully saturated rings. The number of phenols is 1. The molecule has 0 saturated heterocycles. The van der Waals surface area contributed by atoms with Crippen LogP contribution in [0.4, 0.5) is 10.1 Å². The van der Waals surface area contributed by atoms with E-state index in [9.17, 15) is 9.50 Å². The summed E-state index contributed by atoms with van der Waals surface area (Å²) in [4.78, 5) is 8.09. The topological polar surface area (TPSA) is 35.8 Å². The first-order valence-electron chi connectivity index (χ1n) is 11.2. The molecule has 0 spiro atoms. The average Bonchev–Trinajstić information content (AvgIpc) is 2.83. The molecule has 0 saturated carbocycles. The highest BCUT2D eigenvalue weighted by molar-refractivity contribution is 8.13. The number of aliphatic imine (C=N–C) groups is 1. The highest BCUT2D eigenvalue weighted by Crippen LogP contribution is 2.29. The number of aryl methyl sites for hydroxylation is 2. The molecule has 6 heteroatoms. The minimum Gasteiger partial charge on any atom is -0.508 e. The molecule has 0 aliphatic rings. The highest BCUT2D eigenvalue weighted by Gasteiger charge is 2.16. The lowest BCUT2D eigenvalue weighted by Gasteiger charge is -2.26. The number of benzene rings is 4. The maximum absolute atomic E-state index is 13.8. The molecule has 0 aliphatic heterocycles. The second kappa shape index (κ2) is 11.4. The Morgan fingerprint density at radius 3 is 2.17 bits per heavy atom. The van der Waals surface area contributed by atoms with Crippen LogP contribution in [0.25, 0.3) is 0 Å². The normalized spacial score (nSPS) is 11.5. The van der Waals surface area contributed by atoms with Crippen molar-refractivity contribution in [1.82, 2.24) is 4.90 Å². The van der Waals surface area contributed by atoms with E-state index in [1.165, 1.54) is 35.0 Å². The van der Waals surface area contributed by atoms with Gasteiger partial charge in [0.15, 0.2) is 5.17 Å². The molecule has 0 heterocycles. The van der Waals surface area contributed by atoms with Gasteiger partial charge in [0.05, 0.1) is 10.7 Å². The Morgan fingerprint density at radius 2 is 1.51 bits per heavy atom. The molecule has 1 N–H and O–H groups in total. The molecule has 4 aromatic rings. The summed E-state index contributed by atoms with van der Waals surface area (Å²) in [6, 6.07) is 28.3. The summed E-state index contributed by atoms with van der Waals surface area (Å²) in [7, 11) is 0. The maximum Gasteiger partial charge on any atom is 0.169 e. The first kappa shape index (κ1) is 24.8. The van der Waals surface area contributed by atoms with E-state index < -0.39 is 5.82 Å². The van der Waals surface area contributed by atoms with Crippen molar-refractivity contribution in [3.63, 3.8) is 0 Å². The molecule has 0 atom stereocenters. The van der Waals surface area contributed by atoms with Crippen LogP contribution in [0.15, 0.2) is 101 Å². The maximum atomic E-state index is 13.8. The van der Waals surface area contributed by atoms with E-state index >= 15 is 0 Å². The molecular formula is C29H26ClFN2OS. The minimum atomic E-state index is -0.477. The molecule has 0 aromatic heterocycles. The van der Waals surface area contributed by atoms with Gasteiger partial charge in [-0.25, -0.2) is 9.38 Å². The van der Waals surface area contributed by atoms with Gasteiger partial charge in [0.25, 0.3) is 0 Å². The second-order valence-electron chi connectivity index (χ2n) is 8.42. The third-order valence-corrected chi connectivity index (χ3v) is 6.74. The van der Waals surface area contributed by atoms with Crippen LogP contribution in [-0.2, 0) is 13.1 Å². The van der Waals surface area contributed by atoms with Gasteiger partial charge in [0, 0.05) is 18.0 Å². The largest absolute Gasteiger partial charge is 0.508 e. The summed E-state index contributed by atoms with van der Waals surface area (Å²) >= 11 is 7.59. The van der Waals surface area contributed by atoms with Crippen molar-refractivity contribution in [3.05, 3.63) is 124 Å². The fraction of sp³-hybridized carbons (Fsp3) is 0.138. The number of aromatic hydroxyl groups is 1. The van der Waals surface area contributed by atoms with Crippen molar-refractivity contribution in [1.29, 1.82) is 0 Å². The number of thioether (sulfide) groups is 1. The summed E-state index contributed by atoms with van der Waals surface area (Å²) in [5.41, 5.74) is 5.01. The van der Waals surface area contributed by atoms with Crippen LogP contribution in [0.2, 0.25) is 5.02 Å². The number of nitrogens with zero attached hydrogens (tertiary/aromatic N) is 2. The molecule has 0 radical (unpaired) electrons. The fourth-order valence-electron chi connectivity index (χ4n) is 3.52. The fourth-order valence-corrected chi connectivity index (χ4v) is 4.58. The smallest absolute Gasteiger partial charge is 0.169 e. The monoisotopic (exact) mass is 504 g/mol. The number of halogens is 2. The van der Waals surface area contributed by atoms with Gasteiger partial charge in [-0.05, 0) is 67.4 Å². The molecule has 0 unspecified atom stereocenters.